The second-order valence-electron chi connectivity index (χ2n) is 6.16. The SMILES string of the molecule is O=C(NCc1ccccn1)C1(S(=O)(=O)c2ccc(Cl)cc2)CCCC1. The Bertz CT molecular complexity index is 846. The van der Waals surface area contributed by atoms with Crippen molar-refractivity contribution in [3.63, 3.8) is 0 Å². The summed E-state index contributed by atoms with van der Waals surface area (Å²) in [5.74, 6) is -0.453. The maximum Gasteiger partial charge on any atom is 0.242 e. The van der Waals surface area contributed by atoms with Crippen LogP contribution in [0.25, 0.3) is 0 Å². The fourth-order valence-electron chi connectivity index (χ4n) is 3.24. The van der Waals surface area contributed by atoms with E-state index in [4.69, 9.17) is 11.6 Å². The number of hydrogen-bond donors (Lipinski definition) is 1. The van der Waals surface area contributed by atoms with E-state index in [1.54, 1.807) is 18.3 Å². The number of rotatable bonds is 5. The Balaban J connectivity index is 1.88. The van der Waals surface area contributed by atoms with E-state index in [2.05, 4.69) is 10.3 Å². The summed E-state index contributed by atoms with van der Waals surface area (Å²) in [6.07, 6.45) is 3.71. The topological polar surface area (TPSA) is 76.1 Å². The molecule has 7 heteroatoms. The number of aromatic nitrogens is 1. The highest BCUT2D eigenvalue weighted by Crippen LogP contribution is 2.41. The van der Waals surface area contributed by atoms with Crippen LogP contribution >= 0.6 is 11.6 Å². The Morgan fingerprint density at radius 2 is 1.80 bits per heavy atom. The number of nitrogens with one attached hydrogen (secondary N) is 1. The lowest BCUT2D eigenvalue weighted by molar-refractivity contribution is -0.123. The zero-order valence-electron chi connectivity index (χ0n) is 13.6. The highest BCUT2D eigenvalue weighted by atomic mass is 35.5. The predicted octanol–water partition coefficient (Wildman–Crippen LogP) is 3.14. The molecule has 1 aromatic heterocycles. The van der Waals surface area contributed by atoms with Crippen LogP contribution in [0.3, 0.4) is 0 Å². The normalized spacial score (nSPS) is 16.5. The van der Waals surface area contributed by atoms with Crippen LogP contribution in [0, 0.1) is 0 Å². The molecule has 3 rings (SSSR count). The number of sulfone groups is 1. The standard InChI is InChI=1S/C18H19ClN2O3S/c19-14-6-8-16(9-7-14)25(23,24)18(10-2-3-11-18)17(22)21-13-15-5-1-4-12-20-15/h1,4-9,12H,2-3,10-11,13H2,(H,21,22). The van der Waals surface area contributed by atoms with Gasteiger partial charge in [-0.05, 0) is 49.2 Å². The van der Waals surface area contributed by atoms with Crippen molar-refractivity contribution in [3.05, 3.63) is 59.4 Å². The average Bonchev–Trinajstić information content (AvgIpc) is 3.13. The maximum atomic E-state index is 13.2. The van der Waals surface area contributed by atoms with E-state index in [1.165, 1.54) is 24.3 Å². The van der Waals surface area contributed by atoms with E-state index in [-0.39, 0.29) is 11.4 Å². The molecular weight excluding hydrogens is 360 g/mol. The monoisotopic (exact) mass is 378 g/mol. The van der Waals surface area contributed by atoms with Crippen LogP contribution in [0.5, 0.6) is 0 Å². The number of carbonyl (C=O) groups excluding carboxylic acids is 1. The van der Waals surface area contributed by atoms with Crippen LogP contribution < -0.4 is 5.32 Å². The average molecular weight is 379 g/mol. The molecule has 0 spiro atoms. The van der Waals surface area contributed by atoms with Crippen molar-refractivity contribution in [2.75, 3.05) is 0 Å². The third kappa shape index (κ3) is 3.41. The zero-order valence-corrected chi connectivity index (χ0v) is 15.2. The molecule has 0 unspecified atom stereocenters. The van der Waals surface area contributed by atoms with Crippen LogP contribution in [0.15, 0.2) is 53.6 Å². The largest absolute Gasteiger partial charge is 0.349 e. The number of amides is 1. The second kappa shape index (κ2) is 7.14. The van der Waals surface area contributed by atoms with Gasteiger partial charge in [-0.1, -0.05) is 30.5 Å². The minimum absolute atomic E-state index is 0.131. The molecule has 1 heterocycles. The third-order valence-corrected chi connectivity index (χ3v) is 7.39. The van der Waals surface area contributed by atoms with Gasteiger partial charge in [0.2, 0.25) is 5.91 Å². The van der Waals surface area contributed by atoms with E-state index < -0.39 is 20.5 Å². The minimum atomic E-state index is -3.81. The number of nitrogens with zero attached hydrogens (tertiary/aromatic N) is 1. The van der Waals surface area contributed by atoms with Crippen LogP contribution in [0.4, 0.5) is 0 Å². The van der Waals surface area contributed by atoms with Gasteiger partial charge in [-0.3, -0.25) is 9.78 Å². The first-order valence-electron chi connectivity index (χ1n) is 8.14. The van der Waals surface area contributed by atoms with Crippen LogP contribution in [0.1, 0.15) is 31.4 Å². The van der Waals surface area contributed by atoms with Crippen molar-refractivity contribution >= 4 is 27.3 Å². The van der Waals surface area contributed by atoms with Gasteiger partial charge in [0.1, 0.15) is 0 Å². The van der Waals surface area contributed by atoms with Gasteiger partial charge in [0.25, 0.3) is 0 Å². The molecule has 0 saturated heterocycles. The van der Waals surface area contributed by atoms with E-state index >= 15 is 0 Å². The molecule has 1 aliphatic carbocycles. The predicted molar refractivity (Wildman–Crippen MR) is 95.9 cm³/mol. The van der Waals surface area contributed by atoms with Crippen molar-refractivity contribution in [3.8, 4) is 0 Å². The Morgan fingerprint density at radius 3 is 2.40 bits per heavy atom. The molecule has 5 nitrogen and oxygen atoms in total. The van der Waals surface area contributed by atoms with E-state index in [1.807, 2.05) is 6.07 Å². The van der Waals surface area contributed by atoms with Crippen molar-refractivity contribution < 1.29 is 13.2 Å². The van der Waals surface area contributed by atoms with E-state index in [0.29, 0.717) is 36.4 Å². The van der Waals surface area contributed by atoms with Gasteiger partial charge in [0.15, 0.2) is 14.6 Å². The van der Waals surface area contributed by atoms with Gasteiger partial charge in [-0.15, -0.1) is 0 Å². The van der Waals surface area contributed by atoms with Crippen LogP contribution in [-0.2, 0) is 21.2 Å². The molecule has 1 N–H and O–H groups in total. The smallest absolute Gasteiger partial charge is 0.242 e. The molecule has 0 aliphatic heterocycles. The van der Waals surface area contributed by atoms with Crippen molar-refractivity contribution in [1.29, 1.82) is 0 Å². The maximum absolute atomic E-state index is 13.2. The van der Waals surface area contributed by atoms with Gasteiger partial charge in [-0.2, -0.15) is 0 Å². The highest BCUT2D eigenvalue weighted by molar-refractivity contribution is 7.93. The van der Waals surface area contributed by atoms with Crippen LogP contribution in [-0.4, -0.2) is 24.1 Å². The molecule has 0 atom stereocenters. The fraction of sp³-hybridized carbons (Fsp3) is 0.333. The summed E-state index contributed by atoms with van der Waals surface area (Å²) in [6.45, 7) is 0.206. The summed E-state index contributed by atoms with van der Waals surface area (Å²) in [7, 11) is -3.81. The van der Waals surface area contributed by atoms with Crippen molar-refractivity contribution in [2.45, 2.75) is 41.9 Å². The lowest BCUT2D eigenvalue weighted by Gasteiger charge is -2.27. The molecular formula is C18H19ClN2O3S. The van der Waals surface area contributed by atoms with Crippen LogP contribution in [0.2, 0.25) is 5.02 Å². The van der Waals surface area contributed by atoms with Gasteiger partial charge < -0.3 is 5.32 Å². The lowest BCUT2D eigenvalue weighted by atomic mass is 10.1. The number of hydrogen-bond acceptors (Lipinski definition) is 4. The molecule has 0 bridgehead atoms. The fourth-order valence-corrected chi connectivity index (χ4v) is 5.45. The Hall–Kier alpha value is -1.92. The molecule has 0 radical (unpaired) electrons. The number of pyridine rings is 1. The minimum Gasteiger partial charge on any atom is -0.349 e. The molecule has 1 aliphatic rings. The van der Waals surface area contributed by atoms with Crippen molar-refractivity contribution in [2.24, 2.45) is 0 Å². The van der Waals surface area contributed by atoms with E-state index in [0.717, 1.165) is 0 Å². The molecule has 1 aromatic carbocycles. The van der Waals surface area contributed by atoms with Gasteiger partial charge in [-0.25, -0.2) is 8.42 Å². The van der Waals surface area contributed by atoms with Gasteiger partial charge >= 0.3 is 0 Å². The summed E-state index contributed by atoms with van der Waals surface area (Å²) in [5, 5.41) is 3.22. The highest BCUT2D eigenvalue weighted by Gasteiger charge is 2.52. The van der Waals surface area contributed by atoms with Gasteiger partial charge in [0, 0.05) is 11.2 Å². The third-order valence-electron chi connectivity index (χ3n) is 4.62. The summed E-state index contributed by atoms with van der Waals surface area (Å²) in [5.41, 5.74) is 0.688. The Kier molecular flexibility index (Phi) is 5.11. The summed E-state index contributed by atoms with van der Waals surface area (Å²) >= 11 is 5.86. The number of carbonyl (C=O) groups is 1. The molecule has 132 valence electrons. The Labute approximate surface area is 152 Å². The van der Waals surface area contributed by atoms with E-state index in [9.17, 15) is 13.2 Å². The molecule has 2 aromatic rings. The Morgan fingerprint density at radius 1 is 1.12 bits per heavy atom. The first kappa shape index (κ1) is 17.9. The summed E-state index contributed by atoms with van der Waals surface area (Å²) in [4.78, 5) is 17.2. The molecule has 1 fully saturated rings. The number of halogens is 1. The zero-order chi connectivity index (χ0) is 17.9. The summed E-state index contributed by atoms with van der Waals surface area (Å²) < 4.78 is 25.0. The molecule has 1 saturated carbocycles. The second-order valence-corrected chi connectivity index (χ2v) is 8.86. The lowest BCUT2D eigenvalue weighted by Crippen LogP contribution is -2.50. The molecule has 25 heavy (non-hydrogen) atoms. The number of benzene rings is 1. The quantitative estimate of drug-likeness (QED) is 0.867. The van der Waals surface area contributed by atoms with Gasteiger partial charge in [0.05, 0.1) is 17.1 Å². The first-order valence-corrected chi connectivity index (χ1v) is 10.0. The van der Waals surface area contributed by atoms with Crippen molar-refractivity contribution in [1.82, 2.24) is 10.3 Å². The molecule has 1 amide bonds. The first-order chi connectivity index (χ1) is 12.0. The summed E-state index contributed by atoms with van der Waals surface area (Å²) in [6, 6.07) is 11.4.